The van der Waals surface area contributed by atoms with Gasteiger partial charge in [-0.1, -0.05) is 30.3 Å². The van der Waals surface area contributed by atoms with Crippen LogP contribution in [0.3, 0.4) is 0 Å². The summed E-state index contributed by atoms with van der Waals surface area (Å²) in [7, 11) is 0. The van der Waals surface area contributed by atoms with Gasteiger partial charge in [0.25, 0.3) is 0 Å². The van der Waals surface area contributed by atoms with Crippen LogP contribution in [0.1, 0.15) is 11.5 Å². The van der Waals surface area contributed by atoms with Crippen molar-refractivity contribution in [3.63, 3.8) is 0 Å². The third-order valence-corrected chi connectivity index (χ3v) is 2.89. The third kappa shape index (κ3) is 2.42. The number of hydrogen-bond donors (Lipinski definition) is 1. The van der Waals surface area contributed by atoms with Gasteiger partial charge in [0.1, 0.15) is 5.52 Å². The predicted molar refractivity (Wildman–Crippen MR) is 72.5 cm³/mol. The van der Waals surface area contributed by atoms with E-state index in [9.17, 15) is 4.39 Å². The van der Waals surface area contributed by atoms with Crippen LogP contribution < -0.4 is 5.32 Å². The summed E-state index contributed by atoms with van der Waals surface area (Å²) in [5, 5.41) is 3.18. The van der Waals surface area contributed by atoms with Crippen LogP contribution in [-0.2, 0) is 6.54 Å². The Morgan fingerprint density at radius 3 is 2.79 bits per heavy atom. The summed E-state index contributed by atoms with van der Waals surface area (Å²) in [6, 6.07) is 13.2. The van der Waals surface area contributed by atoms with Crippen LogP contribution in [0.25, 0.3) is 11.1 Å². The van der Waals surface area contributed by atoms with Gasteiger partial charge in [0, 0.05) is 25.2 Å². The molecule has 19 heavy (non-hydrogen) atoms. The minimum Gasteiger partial charge on any atom is -0.438 e. The molecule has 0 aliphatic heterocycles. The zero-order chi connectivity index (χ0) is 13.2. The number of nitrogens with one attached hydrogen (secondary N) is 1. The van der Waals surface area contributed by atoms with Crippen LogP contribution in [0.15, 0.2) is 46.9 Å². The van der Waals surface area contributed by atoms with Crippen LogP contribution >= 0.6 is 0 Å². The molecule has 0 aliphatic rings. The number of hydrogen-bond acceptors (Lipinski definition) is 3. The van der Waals surface area contributed by atoms with E-state index in [-0.39, 0.29) is 5.58 Å². The lowest BCUT2D eigenvalue weighted by atomic mass is 10.2. The summed E-state index contributed by atoms with van der Waals surface area (Å²) in [5.41, 5.74) is 2.58. The summed E-state index contributed by atoms with van der Waals surface area (Å²) in [4.78, 5) is 4.14. The molecule has 0 atom stereocenters. The van der Waals surface area contributed by atoms with Gasteiger partial charge in [-0.05, 0) is 11.6 Å². The van der Waals surface area contributed by atoms with E-state index in [4.69, 9.17) is 4.42 Å². The Morgan fingerprint density at radius 1 is 1.21 bits per heavy atom. The fourth-order valence-corrected chi connectivity index (χ4v) is 2.01. The number of anilines is 1. The van der Waals surface area contributed by atoms with E-state index in [2.05, 4.69) is 10.3 Å². The van der Waals surface area contributed by atoms with Crippen molar-refractivity contribution in [1.82, 2.24) is 4.98 Å². The van der Waals surface area contributed by atoms with Crippen molar-refractivity contribution in [1.29, 1.82) is 0 Å². The van der Waals surface area contributed by atoms with E-state index in [0.29, 0.717) is 23.6 Å². The van der Waals surface area contributed by atoms with E-state index in [1.807, 2.05) is 30.3 Å². The largest absolute Gasteiger partial charge is 0.438 e. The number of nitrogens with zero attached hydrogens (tertiary/aromatic N) is 1. The molecule has 3 rings (SSSR count). The van der Waals surface area contributed by atoms with Gasteiger partial charge in [0.05, 0.1) is 0 Å². The maximum atomic E-state index is 13.8. The zero-order valence-corrected chi connectivity index (χ0v) is 10.5. The van der Waals surface area contributed by atoms with Gasteiger partial charge in [-0.2, -0.15) is 0 Å². The van der Waals surface area contributed by atoms with Gasteiger partial charge in [0.15, 0.2) is 17.3 Å². The fraction of sp³-hybridized carbons (Fsp3) is 0.133. The smallest absolute Gasteiger partial charge is 0.192 e. The van der Waals surface area contributed by atoms with Gasteiger partial charge >= 0.3 is 0 Å². The Labute approximate surface area is 110 Å². The topological polar surface area (TPSA) is 38.1 Å². The average molecular weight is 256 g/mol. The molecular formula is C15H13FN2O. The highest BCUT2D eigenvalue weighted by Crippen LogP contribution is 2.23. The first-order chi connectivity index (χ1) is 9.22. The summed E-state index contributed by atoms with van der Waals surface area (Å²) in [6.07, 6.45) is 0. The third-order valence-electron chi connectivity index (χ3n) is 2.89. The van der Waals surface area contributed by atoms with Gasteiger partial charge in [-0.3, -0.25) is 0 Å². The molecular weight excluding hydrogens is 243 g/mol. The highest BCUT2D eigenvalue weighted by Gasteiger charge is 2.09. The lowest BCUT2D eigenvalue weighted by Crippen LogP contribution is -1.99. The molecule has 0 aliphatic carbocycles. The lowest BCUT2D eigenvalue weighted by Gasteiger charge is -2.06. The monoisotopic (exact) mass is 256 g/mol. The zero-order valence-electron chi connectivity index (χ0n) is 10.5. The number of rotatable bonds is 3. The van der Waals surface area contributed by atoms with Crippen LogP contribution in [0.4, 0.5) is 10.1 Å². The highest BCUT2D eigenvalue weighted by molar-refractivity contribution is 5.78. The Morgan fingerprint density at radius 2 is 2.00 bits per heavy atom. The summed E-state index contributed by atoms with van der Waals surface area (Å²) >= 11 is 0. The van der Waals surface area contributed by atoms with Crippen molar-refractivity contribution in [2.75, 3.05) is 5.32 Å². The molecule has 0 saturated carbocycles. The Balaban J connectivity index is 1.85. The number of halogens is 1. The van der Waals surface area contributed by atoms with Gasteiger partial charge in [0.2, 0.25) is 0 Å². The molecule has 1 aromatic heterocycles. The minimum absolute atomic E-state index is 0.211. The average Bonchev–Trinajstić information content (AvgIpc) is 2.79. The molecule has 0 amide bonds. The molecule has 3 nitrogen and oxygen atoms in total. The molecule has 0 saturated heterocycles. The van der Waals surface area contributed by atoms with E-state index in [1.54, 1.807) is 13.0 Å². The van der Waals surface area contributed by atoms with Crippen LogP contribution in [-0.4, -0.2) is 4.98 Å². The van der Waals surface area contributed by atoms with Crippen molar-refractivity contribution in [2.24, 2.45) is 0 Å². The van der Waals surface area contributed by atoms with Gasteiger partial charge < -0.3 is 9.73 Å². The second-order valence-electron chi connectivity index (χ2n) is 4.38. The number of benzene rings is 2. The van der Waals surface area contributed by atoms with Crippen molar-refractivity contribution >= 4 is 16.8 Å². The first-order valence-corrected chi connectivity index (χ1v) is 6.07. The molecule has 0 radical (unpaired) electrons. The second-order valence-corrected chi connectivity index (χ2v) is 4.38. The first-order valence-electron chi connectivity index (χ1n) is 6.07. The fourth-order valence-electron chi connectivity index (χ4n) is 2.01. The lowest BCUT2D eigenvalue weighted by molar-refractivity contribution is 0.528. The predicted octanol–water partition coefficient (Wildman–Crippen LogP) is 3.89. The van der Waals surface area contributed by atoms with E-state index >= 15 is 0 Å². The van der Waals surface area contributed by atoms with Crippen molar-refractivity contribution < 1.29 is 8.81 Å². The molecule has 2 aromatic carbocycles. The Bertz CT molecular complexity index is 707. The summed E-state index contributed by atoms with van der Waals surface area (Å²) in [5.74, 6) is 0.0720. The first kappa shape index (κ1) is 11.7. The van der Waals surface area contributed by atoms with Crippen molar-refractivity contribution in [3.8, 4) is 0 Å². The summed E-state index contributed by atoms with van der Waals surface area (Å²) < 4.78 is 19.0. The molecule has 0 unspecified atom stereocenters. The Kier molecular flexibility index (Phi) is 2.91. The highest BCUT2D eigenvalue weighted by atomic mass is 19.1. The van der Waals surface area contributed by atoms with E-state index < -0.39 is 5.82 Å². The maximum Gasteiger partial charge on any atom is 0.192 e. The molecule has 0 fully saturated rings. The van der Waals surface area contributed by atoms with Gasteiger partial charge in [-0.25, -0.2) is 9.37 Å². The number of aromatic nitrogens is 1. The van der Waals surface area contributed by atoms with Crippen LogP contribution in [0, 0.1) is 12.7 Å². The quantitative estimate of drug-likeness (QED) is 0.772. The number of aryl methyl sites for hydroxylation is 1. The van der Waals surface area contributed by atoms with E-state index in [0.717, 1.165) is 5.56 Å². The SMILES string of the molecule is Cc1nc2cc(NCc3ccccc3)cc(F)c2o1. The van der Waals surface area contributed by atoms with E-state index in [1.165, 1.54) is 6.07 Å². The van der Waals surface area contributed by atoms with Crippen LogP contribution in [0.2, 0.25) is 0 Å². The Hall–Kier alpha value is -2.36. The standard InChI is InChI=1S/C15H13FN2O/c1-10-18-14-8-12(7-13(16)15(14)19-10)17-9-11-5-3-2-4-6-11/h2-8,17H,9H2,1H3. The molecule has 1 N–H and O–H groups in total. The molecule has 0 spiro atoms. The number of oxazole rings is 1. The van der Waals surface area contributed by atoms with Crippen molar-refractivity contribution in [3.05, 3.63) is 59.7 Å². The minimum atomic E-state index is -0.395. The number of fused-ring (bicyclic) bond motifs is 1. The molecule has 96 valence electrons. The molecule has 0 bridgehead atoms. The van der Waals surface area contributed by atoms with Crippen LogP contribution in [0.5, 0.6) is 0 Å². The summed E-state index contributed by atoms with van der Waals surface area (Å²) in [6.45, 7) is 2.35. The molecule has 4 heteroatoms. The molecule has 1 heterocycles. The van der Waals surface area contributed by atoms with Crippen molar-refractivity contribution in [2.45, 2.75) is 13.5 Å². The maximum absolute atomic E-state index is 13.8. The van der Waals surface area contributed by atoms with Gasteiger partial charge in [-0.15, -0.1) is 0 Å². The molecule has 3 aromatic rings. The second kappa shape index (κ2) is 4.72. The normalized spacial score (nSPS) is 10.8.